The predicted molar refractivity (Wildman–Crippen MR) is 93.0 cm³/mol. The molecule has 1 heterocycles. The van der Waals surface area contributed by atoms with Crippen LogP contribution in [0.2, 0.25) is 0 Å². The van der Waals surface area contributed by atoms with E-state index >= 15 is 0 Å². The van der Waals surface area contributed by atoms with Crippen molar-refractivity contribution in [1.82, 2.24) is 9.97 Å². The molecule has 0 amide bonds. The zero-order valence-electron chi connectivity index (χ0n) is 15.2. The summed E-state index contributed by atoms with van der Waals surface area (Å²) in [4.78, 5) is 9.03. The Hall–Kier alpha value is -2.51. The standard InChI is InChI=1S/C18H22F3N3O2/c1-5-25-14-8-6-7-13(9-14)24(4)16-15(18(19,20)21)10-22-17(23-16)26-11-12(2)3/h6-10,12H,5,11H2,1-4H3. The first-order valence-electron chi connectivity index (χ1n) is 8.26. The van der Waals surface area contributed by atoms with Crippen molar-refractivity contribution in [2.45, 2.75) is 26.9 Å². The van der Waals surface area contributed by atoms with Gasteiger partial charge < -0.3 is 14.4 Å². The lowest BCUT2D eigenvalue weighted by Gasteiger charge is -2.23. The van der Waals surface area contributed by atoms with Crippen molar-refractivity contribution in [2.75, 3.05) is 25.2 Å². The summed E-state index contributed by atoms with van der Waals surface area (Å²) < 4.78 is 51.0. The number of hydrogen-bond acceptors (Lipinski definition) is 5. The maximum Gasteiger partial charge on any atom is 0.421 e. The third kappa shape index (κ3) is 5.00. The number of nitrogens with zero attached hydrogens (tertiary/aromatic N) is 3. The highest BCUT2D eigenvalue weighted by molar-refractivity contribution is 5.64. The van der Waals surface area contributed by atoms with Crippen LogP contribution in [0.1, 0.15) is 26.3 Å². The highest BCUT2D eigenvalue weighted by Crippen LogP contribution is 2.38. The van der Waals surface area contributed by atoms with Crippen molar-refractivity contribution in [3.05, 3.63) is 36.0 Å². The van der Waals surface area contributed by atoms with Gasteiger partial charge in [-0.1, -0.05) is 19.9 Å². The number of aromatic nitrogens is 2. The van der Waals surface area contributed by atoms with E-state index < -0.39 is 11.7 Å². The minimum absolute atomic E-state index is 0.0884. The van der Waals surface area contributed by atoms with Gasteiger partial charge in [0.05, 0.1) is 13.2 Å². The highest BCUT2D eigenvalue weighted by Gasteiger charge is 2.36. The summed E-state index contributed by atoms with van der Waals surface area (Å²) in [6, 6.07) is 6.69. The van der Waals surface area contributed by atoms with E-state index in [1.54, 1.807) is 24.3 Å². The maximum absolute atomic E-state index is 13.4. The minimum atomic E-state index is -4.59. The van der Waals surface area contributed by atoms with Gasteiger partial charge >= 0.3 is 12.2 Å². The summed E-state index contributed by atoms with van der Waals surface area (Å²) in [5.74, 6) is 0.487. The van der Waals surface area contributed by atoms with Crippen molar-refractivity contribution >= 4 is 11.5 Å². The molecular formula is C18H22F3N3O2. The summed E-state index contributed by atoms with van der Waals surface area (Å²) in [5, 5.41) is 0. The van der Waals surface area contributed by atoms with Crippen LogP contribution in [0.15, 0.2) is 30.5 Å². The molecule has 5 nitrogen and oxygen atoms in total. The Morgan fingerprint density at radius 3 is 2.54 bits per heavy atom. The van der Waals surface area contributed by atoms with Crippen molar-refractivity contribution in [3.63, 3.8) is 0 Å². The van der Waals surface area contributed by atoms with E-state index in [4.69, 9.17) is 9.47 Å². The quantitative estimate of drug-likeness (QED) is 0.708. The molecule has 0 aliphatic rings. The molecule has 0 bridgehead atoms. The van der Waals surface area contributed by atoms with Gasteiger partial charge in [-0.15, -0.1) is 0 Å². The summed E-state index contributed by atoms with van der Waals surface area (Å²) in [6.45, 7) is 6.46. The van der Waals surface area contributed by atoms with Crippen molar-refractivity contribution < 1.29 is 22.6 Å². The van der Waals surface area contributed by atoms with E-state index in [1.165, 1.54) is 11.9 Å². The van der Waals surface area contributed by atoms with Crippen LogP contribution in [-0.2, 0) is 6.18 Å². The molecule has 0 aliphatic heterocycles. The number of ether oxygens (including phenoxy) is 2. The van der Waals surface area contributed by atoms with Crippen molar-refractivity contribution in [1.29, 1.82) is 0 Å². The molecule has 0 atom stereocenters. The molecule has 0 saturated heterocycles. The molecule has 0 fully saturated rings. The lowest BCUT2D eigenvalue weighted by Crippen LogP contribution is -2.20. The lowest BCUT2D eigenvalue weighted by atomic mass is 10.2. The fraction of sp³-hybridized carbons (Fsp3) is 0.444. The van der Waals surface area contributed by atoms with Gasteiger partial charge in [0, 0.05) is 25.0 Å². The van der Waals surface area contributed by atoms with Crippen molar-refractivity contribution in [2.24, 2.45) is 5.92 Å². The van der Waals surface area contributed by atoms with Gasteiger partial charge in [-0.2, -0.15) is 18.2 Å². The normalized spacial score (nSPS) is 11.5. The highest BCUT2D eigenvalue weighted by atomic mass is 19.4. The molecule has 8 heteroatoms. The first kappa shape index (κ1) is 19.8. The molecule has 1 aromatic heterocycles. The molecule has 2 aromatic rings. The Balaban J connectivity index is 2.43. The molecule has 0 unspecified atom stereocenters. The van der Waals surface area contributed by atoms with Gasteiger partial charge in [-0.25, -0.2) is 4.98 Å². The van der Waals surface area contributed by atoms with Gasteiger partial charge in [-0.3, -0.25) is 0 Å². The first-order chi connectivity index (χ1) is 12.2. The average molecular weight is 369 g/mol. The van der Waals surface area contributed by atoms with Gasteiger partial charge in [-0.05, 0) is 25.0 Å². The van der Waals surface area contributed by atoms with E-state index in [2.05, 4.69) is 9.97 Å². The largest absolute Gasteiger partial charge is 0.494 e. The van der Waals surface area contributed by atoms with E-state index in [1.807, 2.05) is 20.8 Å². The number of halogens is 3. The Morgan fingerprint density at radius 1 is 1.19 bits per heavy atom. The Labute approximate surface area is 150 Å². The Morgan fingerprint density at radius 2 is 1.92 bits per heavy atom. The third-order valence-electron chi connectivity index (χ3n) is 3.43. The Bertz CT molecular complexity index is 736. The fourth-order valence-corrected chi connectivity index (χ4v) is 2.19. The monoisotopic (exact) mass is 369 g/mol. The van der Waals surface area contributed by atoms with Crippen LogP contribution in [0.25, 0.3) is 0 Å². The number of hydrogen-bond donors (Lipinski definition) is 0. The molecule has 2 rings (SSSR count). The van der Waals surface area contributed by atoms with E-state index in [-0.39, 0.29) is 17.7 Å². The van der Waals surface area contributed by atoms with Crippen LogP contribution >= 0.6 is 0 Å². The maximum atomic E-state index is 13.4. The van der Waals surface area contributed by atoms with E-state index in [0.29, 0.717) is 24.7 Å². The second kappa shape index (κ2) is 8.25. The van der Waals surface area contributed by atoms with E-state index in [9.17, 15) is 13.2 Å². The molecule has 0 aliphatic carbocycles. The SMILES string of the molecule is CCOc1cccc(N(C)c2nc(OCC(C)C)ncc2C(F)(F)F)c1. The second-order valence-corrected chi connectivity index (χ2v) is 6.08. The van der Waals surface area contributed by atoms with Crippen LogP contribution in [0.5, 0.6) is 11.8 Å². The Kier molecular flexibility index (Phi) is 6.28. The molecule has 142 valence electrons. The zero-order chi connectivity index (χ0) is 19.3. The second-order valence-electron chi connectivity index (χ2n) is 6.08. The number of rotatable bonds is 7. The van der Waals surface area contributed by atoms with E-state index in [0.717, 1.165) is 6.20 Å². The molecule has 1 aromatic carbocycles. The van der Waals surface area contributed by atoms with Crippen LogP contribution < -0.4 is 14.4 Å². The predicted octanol–water partition coefficient (Wildman–Crippen LogP) is 4.70. The lowest BCUT2D eigenvalue weighted by molar-refractivity contribution is -0.137. The fourth-order valence-electron chi connectivity index (χ4n) is 2.19. The van der Waals surface area contributed by atoms with Crippen LogP contribution in [0.3, 0.4) is 0 Å². The van der Waals surface area contributed by atoms with Crippen LogP contribution in [0, 0.1) is 5.92 Å². The summed E-state index contributed by atoms with van der Waals surface area (Å²) in [6.07, 6.45) is -3.83. The number of anilines is 2. The summed E-state index contributed by atoms with van der Waals surface area (Å²) >= 11 is 0. The van der Waals surface area contributed by atoms with Crippen molar-refractivity contribution in [3.8, 4) is 11.8 Å². The molecule has 26 heavy (non-hydrogen) atoms. The average Bonchev–Trinajstić information content (AvgIpc) is 2.58. The van der Waals surface area contributed by atoms with Crippen LogP contribution in [0.4, 0.5) is 24.7 Å². The molecular weight excluding hydrogens is 347 g/mol. The minimum Gasteiger partial charge on any atom is -0.494 e. The third-order valence-corrected chi connectivity index (χ3v) is 3.43. The molecule has 0 radical (unpaired) electrons. The van der Waals surface area contributed by atoms with Gasteiger partial charge in [0.15, 0.2) is 5.82 Å². The van der Waals surface area contributed by atoms with Crippen LogP contribution in [-0.4, -0.2) is 30.2 Å². The van der Waals surface area contributed by atoms with Gasteiger partial charge in [0.25, 0.3) is 0 Å². The number of alkyl halides is 3. The first-order valence-corrected chi connectivity index (χ1v) is 8.26. The van der Waals surface area contributed by atoms with Gasteiger partial charge in [0.1, 0.15) is 11.3 Å². The summed E-state index contributed by atoms with van der Waals surface area (Å²) in [7, 11) is 1.51. The zero-order valence-corrected chi connectivity index (χ0v) is 15.2. The number of benzene rings is 1. The summed E-state index contributed by atoms with van der Waals surface area (Å²) in [5.41, 5.74) is -0.423. The molecule has 0 saturated carbocycles. The van der Waals surface area contributed by atoms with Gasteiger partial charge in [0.2, 0.25) is 0 Å². The molecule has 0 N–H and O–H groups in total. The smallest absolute Gasteiger partial charge is 0.421 e. The topological polar surface area (TPSA) is 47.5 Å². The molecule has 0 spiro atoms.